The van der Waals surface area contributed by atoms with Gasteiger partial charge in [0.05, 0.1) is 5.69 Å². The van der Waals surface area contributed by atoms with E-state index in [2.05, 4.69) is 10.4 Å². The summed E-state index contributed by atoms with van der Waals surface area (Å²) in [6.45, 7) is 1.85. The van der Waals surface area contributed by atoms with Crippen molar-refractivity contribution >= 4 is 35.7 Å². The lowest BCUT2D eigenvalue weighted by molar-refractivity contribution is -0.139. The van der Waals surface area contributed by atoms with Gasteiger partial charge >= 0.3 is 5.97 Å². The molecule has 1 aromatic heterocycles. The molecule has 0 aliphatic rings. The maximum atomic E-state index is 10.8. The van der Waals surface area contributed by atoms with E-state index in [9.17, 15) is 9.59 Å². The minimum atomic E-state index is -1.05. The Morgan fingerprint density at radius 3 is 2.83 bits per heavy atom. The second-order valence-corrected chi connectivity index (χ2v) is 5.06. The molecule has 0 bridgehead atoms. The van der Waals surface area contributed by atoms with Crippen molar-refractivity contribution in [2.45, 2.75) is 18.7 Å². The molecule has 2 N–H and O–H groups in total. The molecule has 1 aromatic rings. The molecule has 0 aromatic carbocycles. The van der Waals surface area contributed by atoms with Crippen LogP contribution in [0.25, 0.3) is 0 Å². The van der Waals surface area contributed by atoms with Crippen LogP contribution in [-0.2, 0) is 22.4 Å². The molecule has 1 amide bonds. The molecule has 1 unspecified atom stereocenters. The second-order valence-electron chi connectivity index (χ2n) is 3.67. The largest absolute Gasteiger partial charge is 0.480 e. The number of aliphatic carboxylic acids is 1. The highest BCUT2D eigenvalue weighted by Crippen LogP contribution is 2.24. The Bertz CT molecular complexity index is 450. The van der Waals surface area contributed by atoms with Gasteiger partial charge in [0.2, 0.25) is 6.41 Å². The van der Waals surface area contributed by atoms with E-state index in [0.717, 1.165) is 11.3 Å². The number of nitrogens with zero attached hydrogens (tertiary/aromatic N) is 2. The highest BCUT2D eigenvalue weighted by atomic mass is 35.5. The number of carboxylic acids is 1. The fraction of sp³-hybridized carbons (Fsp3) is 0.500. The molecule has 0 aliphatic carbocycles. The van der Waals surface area contributed by atoms with Crippen LogP contribution in [0.5, 0.6) is 0 Å². The van der Waals surface area contributed by atoms with Gasteiger partial charge in [-0.3, -0.25) is 9.48 Å². The van der Waals surface area contributed by atoms with E-state index in [0.29, 0.717) is 17.3 Å². The van der Waals surface area contributed by atoms with Crippen LogP contribution in [0.1, 0.15) is 11.3 Å². The standard InChI is InChI=1S/C10H14ClN3O3S/c1-6-7(9(11)14(2)13-6)3-18-4-8(10(16)17)12-5-15/h5,8H,3-4H2,1-2H3,(H,12,15)(H,16,17). The molecule has 0 spiro atoms. The van der Waals surface area contributed by atoms with Crippen molar-refractivity contribution in [2.24, 2.45) is 7.05 Å². The molecule has 1 rings (SSSR count). The highest BCUT2D eigenvalue weighted by molar-refractivity contribution is 7.98. The first-order valence-electron chi connectivity index (χ1n) is 5.15. The van der Waals surface area contributed by atoms with E-state index >= 15 is 0 Å². The Balaban J connectivity index is 2.55. The maximum absolute atomic E-state index is 10.8. The van der Waals surface area contributed by atoms with Gasteiger partial charge in [0.1, 0.15) is 11.2 Å². The number of aromatic nitrogens is 2. The SMILES string of the molecule is Cc1nn(C)c(Cl)c1CSCC(NC=O)C(=O)O. The van der Waals surface area contributed by atoms with E-state index in [1.54, 1.807) is 11.7 Å². The second kappa shape index (κ2) is 6.65. The van der Waals surface area contributed by atoms with Gasteiger partial charge in [0.25, 0.3) is 0 Å². The van der Waals surface area contributed by atoms with E-state index in [-0.39, 0.29) is 5.75 Å². The summed E-state index contributed by atoms with van der Waals surface area (Å²) >= 11 is 7.44. The van der Waals surface area contributed by atoms with E-state index in [1.807, 2.05) is 6.92 Å². The van der Waals surface area contributed by atoms with Crippen LogP contribution >= 0.6 is 23.4 Å². The lowest BCUT2D eigenvalue weighted by atomic mass is 10.3. The molecule has 18 heavy (non-hydrogen) atoms. The van der Waals surface area contributed by atoms with E-state index < -0.39 is 12.0 Å². The van der Waals surface area contributed by atoms with Crippen LogP contribution in [0.4, 0.5) is 0 Å². The van der Waals surface area contributed by atoms with Crippen LogP contribution < -0.4 is 5.32 Å². The van der Waals surface area contributed by atoms with Crippen LogP contribution in [-0.4, -0.2) is 39.1 Å². The zero-order chi connectivity index (χ0) is 13.7. The van der Waals surface area contributed by atoms with Crippen molar-refractivity contribution in [1.29, 1.82) is 0 Å². The fourth-order valence-corrected chi connectivity index (χ4v) is 2.85. The number of hydrogen-bond donors (Lipinski definition) is 2. The number of aryl methyl sites for hydroxylation is 2. The first-order chi connectivity index (χ1) is 8.47. The Hall–Kier alpha value is -1.21. The molecule has 0 aliphatic heterocycles. The minimum Gasteiger partial charge on any atom is -0.480 e. The summed E-state index contributed by atoms with van der Waals surface area (Å²) in [6, 6.07) is -0.886. The average molecular weight is 292 g/mol. The van der Waals surface area contributed by atoms with Crippen LogP contribution in [0.15, 0.2) is 0 Å². The molecule has 0 radical (unpaired) electrons. The molecular formula is C10H14ClN3O3S. The van der Waals surface area contributed by atoms with Gasteiger partial charge in [-0.15, -0.1) is 0 Å². The zero-order valence-corrected chi connectivity index (χ0v) is 11.6. The van der Waals surface area contributed by atoms with Crippen molar-refractivity contribution in [3.8, 4) is 0 Å². The summed E-state index contributed by atoms with van der Waals surface area (Å²) in [5, 5.41) is 15.8. The van der Waals surface area contributed by atoms with Crippen LogP contribution in [0.2, 0.25) is 5.15 Å². The van der Waals surface area contributed by atoms with E-state index in [4.69, 9.17) is 16.7 Å². The summed E-state index contributed by atoms with van der Waals surface area (Å²) in [5.74, 6) is -0.217. The Labute approximate surface area is 114 Å². The number of carboxylic acid groups (broad SMARTS) is 1. The van der Waals surface area contributed by atoms with Crippen molar-refractivity contribution in [1.82, 2.24) is 15.1 Å². The summed E-state index contributed by atoms with van der Waals surface area (Å²) in [5.41, 5.74) is 1.71. The van der Waals surface area contributed by atoms with E-state index in [1.165, 1.54) is 11.8 Å². The smallest absolute Gasteiger partial charge is 0.327 e. The lowest BCUT2D eigenvalue weighted by Gasteiger charge is -2.10. The fourth-order valence-electron chi connectivity index (χ4n) is 1.39. The third-order valence-corrected chi connectivity index (χ3v) is 3.90. The summed E-state index contributed by atoms with van der Waals surface area (Å²) in [4.78, 5) is 21.0. The molecule has 100 valence electrons. The van der Waals surface area contributed by atoms with Crippen LogP contribution in [0.3, 0.4) is 0 Å². The zero-order valence-electron chi connectivity index (χ0n) is 10.0. The Kier molecular flexibility index (Phi) is 5.49. The number of hydrogen-bond acceptors (Lipinski definition) is 4. The van der Waals surface area contributed by atoms with Gasteiger partial charge < -0.3 is 10.4 Å². The first kappa shape index (κ1) is 14.8. The molecule has 0 fully saturated rings. The van der Waals surface area contributed by atoms with Crippen molar-refractivity contribution < 1.29 is 14.7 Å². The molecule has 0 saturated carbocycles. The quantitative estimate of drug-likeness (QED) is 0.727. The molecule has 8 heteroatoms. The molecule has 1 atom stereocenters. The first-order valence-corrected chi connectivity index (χ1v) is 6.68. The third-order valence-electron chi connectivity index (χ3n) is 2.37. The summed E-state index contributed by atoms with van der Waals surface area (Å²) < 4.78 is 1.57. The van der Waals surface area contributed by atoms with Gasteiger partial charge in [-0.25, -0.2) is 4.79 Å². The number of thioether (sulfide) groups is 1. The molecule has 0 saturated heterocycles. The summed E-state index contributed by atoms with van der Waals surface area (Å²) in [7, 11) is 1.75. The van der Waals surface area contributed by atoms with Crippen molar-refractivity contribution in [3.05, 3.63) is 16.4 Å². The number of amides is 1. The van der Waals surface area contributed by atoms with Gasteiger partial charge in [0, 0.05) is 24.1 Å². The Morgan fingerprint density at radius 1 is 1.72 bits per heavy atom. The number of carbonyl (C=O) groups excluding carboxylic acids is 1. The van der Waals surface area contributed by atoms with Crippen molar-refractivity contribution in [3.63, 3.8) is 0 Å². The Morgan fingerprint density at radius 2 is 2.39 bits per heavy atom. The lowest BCUT2D eigenvalue weighted by Crippen LogP contribution is -2.37. The van der Waals surface area contributed by atoms with Crippen LogP contribution in [0, 0.1) is 6.92 Å². The molecule has 1 heterocycles. The average Bonchev–Trinajstić information content (AvgIpc) is 2.54. The minimum absolute atomic E-state index is 0.277. The molecular weight excluding hydrogens is 278 g/mol. The maximum Gasteiger partial charge on any atom is 0.327 e. The predicted octanol–water partition coefficient (Wildman–Crippen LogP) is 0.814. The normalized spacial score (nSPS) is 12.2. The number of carbonyl (C=O) groups is 2. The number of nitrogens with one attached hydrogen (secondary N) is 1. The van der Waals surface area contributed by atoms with Gasteiger partial charge in [0.15, 0.2) is 0 Å². The number of halogens is 1. The number of rotatable bonds is 7. The molecule has 6 nitrogen and oxygen atoms in total. The van der Waals surface area contributed by atoms with Gasteiger partial charge in [-0.05, 0) is 6.92 Å². The third kappa shape index (κ3) is 3.64. The predicted molar refractivity (Wildman–Crippen MR) is 69.7 cm³/mol. The monoisotopic (exact) mass is 291 g/mol. The van der Waals surface area contributed by atoms with Crippen molar-refractivity contribution in [2.75, 3.05) is 5.75 Å². The summed E-state index contributed by atoms with van der Waals surface area (Å²) in [6.07, 6.45) is 0.391. The van der Waals surface area contributed by atoms with Gasteiger partial charge in [-0.2, -0.15) is 16.9 Å². The highest BCUT2D eigenvalue weighted by Gasteiger charge is 2.17. The van der Waals surface area contributed by atoms with Gasteiger partial charge in [-0.1, -0.05) is 11.6 Å². The topological polar surface area (TPSA) is 84.2 Å².